The normalized spacial score (nSPS) is 27.0. The van der Waals surface area contributed by atoms with Gasteiger partial charge in [0, 0.05) is 6.54 Å². The van der Waals surface area contributed by atoms with Crippen LogP contribution in [0.4, 0.5) is 5.82 Å². The summed E-state index contributed by atoms with van der Waals surface area (Å²) in [6.45, 7) is 3.07. The molecule has 2 aromatic rings. The molecule has 0 amide bonds. The number of aromatic nitrogens is 4. The van der Waals surface area contributed by atoms with Crippen molar-refractivity contribution in [3.8, 4) is 11.8 Å². The van der Waals surface area contributed by atoms with Crippen LogP contribution in [0.2, 0.25) is 0 Å². The minimum absolute atomic E-state index is 0.350. The Morgan fingerprint density at radius 3 is 2.96 bits per heavy atom. The quantitative estimate of drug-likeness (QED) is 0.825. The number of nitrogen functional groups attached to an aromatic ring is 1. The lowest BCUT2D eigenvalue weighted by molar-refractivity contribution is 0.0410. The summed E-state index contributed by atoms with van der Waals surface area (Å²) >= 11 is 0. The number of imidazole rings is 1. The summed E-state index contributed by atoms with van der Waals surface area (Å²) in [4.78, 5) is 13.1. The first-order chi connectivity index (χ1) is 11.5. The van der Waals surface area contributed by atoms with Crippen molar-refractivity contribution < 1.29 is 5.11 Å². The Morgan fingerprint density at radius 1 is 1.38 bits per heavy atom. The van der Waals surface area contributed by atoms with E-state index in [2.05, 4.69) is 33.7 Å². The molecule has 24 heavy (non-hydrogen) atoms. The van der Waals surface area contributed by atoms with Crippen molar-refractivity contribution in [3.05, 3.63) is 12.2 Å². The van der Waals surface area contributed by atoms with E-state index in [-0.39, 0.29) is 0 Å². The third-order valence-corrected chi connectivity index (χ3v) is 5.02. The summed E-state index contributed by atoms with van der Waals surface area (Å²) in [7, 11) is 0. The minimum Gasteiger partial charge on any atom is -0.382 e. The standard InChI is InChI=1S/C18H23N5O/c1-12-3-2-7-18(24,9-12)8-6-14-21-16(19)15-17(22-14)23(11-20-15)10-13-4-5-13/h11-13,24H,2-5,7,9-10H2,1H3,(H2,19,21,22)/t12-,18-/m1/s1. The van der Waals surface area contributed by atoms with E-state index in [1.165, 1.54) is 12.8 Å². The number of nitrogens with zero attached hydrogens (tertiary/aromatic N) is 4. The SMILES string of the molecule is C[C@@H]1CCC[C@@](O)(C#Cc2nc(N)c3ncn(CC4CC4)c3n2)C1. The minimum atomic E-state index is -0.932. The first-order valence-corrected chi connectivity index (χ1v) is 8.76. The first kappa shape index (κ1) is 15.4. The van der Waals surface area contributed by atoms with E-state index in [9.17, 15) is 5.11 Å². The molecular formula is C18H23N5O. The van der Waals surface area contributed by atoms with Gasteiger partial charge in [0.25, 0.3) is 0 Å². The summed E-state index contributed by atoms with van der Waals surface area (Å²) in [6, 6.07) is 0. The second-order valence-electron chi connectivity index (χ2n) is 7.43. The molecule has 0 aliphatic heterocycles. The zero-order valence-electron chi connectivity index (χ0n) is 14.0. The van der Waals surface area contributed by atoms with Gasteiger partial charge in [-0.3, -0.25) is 0 Å². The zero-order valence-corrected chi connectivity index (χ0v) is 14.0. The fourth-order valence-corrected chi connectivity index (χ4v) is 3.54. The first-order valence-electron chi connectivity index (χ1n) is 8.76. The predicted octanol–water partition coefficient (Wildman–Crippen LogP) is 2.11. The van der Waals surface area contributed by atoms with Crippen LogP contribution in [-0.2, 0) is 6.54 Å². The average molecular weight is 325 g/mol. The molecule has 6 heteroatoms. The van der Waals surface area contributed by atoms with Gasteiger partial charge in [-0.05, 0) is 49.9 Å². The number of aliphatic hydroxyl groups is 1. The highest BCUT2D eigenvalue weighted by atomic mass is 16.3. The maximum Gasteiger partial charge on any atom is 0.209 e. The Bertz CT molecular complexity index is 829. The van der Waals surface area contributed by atoms with Gasteiger partial charge in [0.15, 0.2) is 11.5 Å². The summed E-state index contributed by atoms with van der Waals surface area (Å²) in [5.41, 5.74) is 6.46. The van der Waals surface area contributed by atoms with Crippen LogP contribution in [0.15, 0.2) is 6.33 Å². The molecule has 2 aliphatic rings. The Balaban J connectivity index is 1.66. The highest BCUT2D eigenvalue weighted by molar-refractivity contribution is 5.81. The lowest BCUT2D eigenvalue weighted by atomic mass is 9.79. The molecule has 2 fully saturated rings. The van der Waals surface area contributed by atoms with E-state index in [4.69, 9.17) is 5.73 Å². The van der Waals surface area contributed by atoms with E-state index >= 15 is 0 Å². The van der Waals surface area contributed by atoms with Gasteiger partial charge < -0.3 is 15.4 Å². The van der Waals surface area contributed by atoms with Gasteiger partial charge >= 0.3 is 0 Å². The molecule has 0 aromatic carbocycles. The molecule has 0 radical (unpaired) electrons. The molecule has 3 N–H and O–H groups in total. The molecule has 4 rings (SSSR count). The van der Waals surface area contributed by atoms with Gasteiger partial charge in [-0.1, -0.05) is 19.3 Å². The van der Waals surface area contributed by atoms with Crippen molar-refractivity contribution in [1.82, 2.24) is 19.5 Å². The molecule has 126 valence electrons. The Hall–Kier alpha value is -2.13. The molecular weight excluding hydrogens is 302 g/mol. The topological polar surface area (TPSA) is 89.9 Å². The summed E-state index contributed by atoms with van der Waals surface area (Å²) in [5, 5.41) is 10.6. The van der Waals surface area contributed by atoms with Crippen molar-refractivity contribution >= 4 is 17.0 Å². The van der Waals surface area contributed by atoms with Crippen LogP contribution in [0.3, 0.4) is 0 Å². The molecule has 2 aromatic heterocycles. The largest absolute Gasteiger partial charge is 0.382 e. The summed E-state index contributed by atoms with van der Waals surface area (Å²) < 4.78 is 2.04. The highest BCUT2D eigenvalue weighted by Crippen LogP contribution is 2.32. The fourth-order valence-electron chi connectivity index (χ4n) is 3.54. The van der Waals surface area contributed by atoms with Gasteiger partial charge in [0.2, 0.25) is 5.82 Å². The van der Waals surface area contributed by atoms with Crippen LogP contribution in [0, 0.1) is 23.7 Å². The van der Waals surface area contributed by atoms with Crippen LogP contribution in [0.5, 0.6) is 0 Å². The van der Waals surface area contributed by atoms with Crippen LogP contribution >= 0.6 is 0 Å². The van der Waals surface area contributed by atoms with Crippen LogP contribution in [-0.4, -0.2) is 30.2 Å². The van der Waals surface area contributed by atoms with Crippen molar-refractivity contribution in [1.29, 1.82) is 0 Å². The van der Waals surface area contributed by atoms with Crippen molar-refractivity contribution in [2.45, 2.75) is 57.6 Å². The van der Waals surface area contributed by atoms with Gasteiger partial charge in [0.1, 0.15) is 11.1 Å². The molecule has 0 spiro atoms. The highest BCUT2D eigenvalue weighted by Gasteiger charge is 2.30. The number of nitrogens with two attached hydrogens (primary N) is 1. The van der Waals surface area contributed by atoms with E-state index < -0.39 is 5.60 Å². The van der Waals surface area contributed by atoms with Crippen molar-refractivity contribution in [2.75, 3.05) is 5.73 Å². The third-order valence-electron chi connectivity index (χ3n) is 5.02. The lowest BCUT2D eigenvalue weighted by Gasteiger charge is -2.30. The molecule has 2 saturated carbocycles. The van der Waals surface area contributed by atoms with E-state index in [1.807, 2.05) is 4.57 Å². The van der Waals surface area contributed by atoms with Crippen molar-refractivity contribution in [3.63, 3.8) is 0 Å². The van der Waals surface area contributed by atoms with Gasteiger partial charge in [0.05, 0.1) is 6.33 Å². The van der Waals surface area contributed by atoms with Gasteiger partial charge in [-0.2, -0.15) is 0 Å². The Morgan fingerprint density at radius 2 is 2.21 bits per heavy atom. The second-order valence-corrected chi connectivity index (χ2v) is 7.43. The Kier molecular flexibility index (Phi) is 3.69. The molecule has 2 heterocycles. The maximum absolute atomic E-state index is 10.6. The average Bonchev–Trinajstić information content (AvgIpc) is 3.25. The fraction of sp³-hybridized carbons (Fsp3) is 0.611. The van der Waals surface area contributed by atoms with Crippen LogP contribution in [0.1, 0.15) is 51.3 Å². The molecule has 0 unspecified atom stereocenters. The lowest BCUT2D eigenvalue weighted by Crippen LogP contribution is -2.32. The smallest absolute Gasteiger partial charge is 0.209 e. The molecule has 2 atom stereocenters. The monoisotopic (exact) mass is 325 g/mol. The van der Waals surface area contributed by atoms with Crippen molar-refractivity contribution in [2.24, 2.45) is 11.8 Å². The summed E-state index contributed by atoms with van der Waals surface area (Å²) in [5.74, 6) is 7.87. The zero-order chi connectivity index (χ0) is 16.7. The second kappa shape index (κ2) is 5.75. The van der Waals surface area contributed by atoms with Crippen LogP contribution in [0.25, 0.3) is 11.2 Å². The summed E-state index contributed by atoms with van der Waals surface area (Å²) in [6.07, 6.45) is 7.87. The number of rotatable bonds is 2. The predicted molar refractivity (Wildman–Crippen MR) is 91.9 cm³/mol. The van der Waals surface area contributed by atoms with E-state index in [1.54, 1.807) is 6.33 Å². The number of hydrogen-bond acceptors (Lipinski definition) is 5. The number of hydrogen-bond donors (Lipinski definition) is 2. The van der Waals surface area contributed by atoms with E-state index in [0.717, 1.165) is 31.0 Å². The molecule has 0 bridgehead atoms. The number of anilines is 1. The third kappa shape index (κ3) is 3.09. The molecule has 2 aliphatic carbocycles. The molecule has 6 nitrogen and oxygen atoms in total. The number of fused-ring (bicyclic) bond motifs is 1. The molecule has 0 saturated heterocycles. The van der Waals surface area contributed by atoms with Gasteiger partial charge in [-0.25, -0.2) is 15.0 Å². The van der Waals surface area contributed by atoms with E-state index in [0.29, 0.717) is 35.9 Å². The Labute approximate surface area is 141 Å². The van der Waals surface area contributed by atoms with Crippen LogP contribution < -0.4 is 5.73 Å². The van der Waals surface area contributed by atoms with Gasteiger partial charge in [-0.15, -0.1) is 0 Å². The maximum atomic E-state index is 10.6.